The van der Waals surface area contributed by atoms with Gasteiger partial charge in [-0.3, -0.25) is 9.59 Å². The van der Waals surface area contributed by atoms with Crippen LogP contribution in [0.2, 0.25) is 10.0 Å². The van der Waals surface area contributed by atoms with E-state index >= 15 is 0 Å². The largest absolute Gasteiger partial charge is 0.349 e. The standard InChI is InChI=1S/C18H15Cl2N3O2/c1-11(24)22-17(12-2-5-14(19)6-3-12)9-18(25)23-15-7-4-13(10-21)16(20)8-15/h2-8,17H,9H2,1H3,(H,22,24)(H,23,25). The summed E-state index contributed by atoms with van der Waals surface area (Å²) < 4.78 is 0. The van der Waals surface area contributed by atoms with Crippen molar-refractivity contribution in [3.63, 3.8) is 0 Å². The van der Waals surface area contributed by atoms with Gasteiger partial charge in [-0.25, -0.2) is 0 Å². The van der Waals surface area contributed by atoms with E-state index < -0.39 is 6.04 Å². The fourth-order valence-electron chi connectivity index (χ4n) is 2.27. The van der Waals surface area contributed by atoms with E-state index in [0.29, 0.717) is 16.3 Å². The summed E-state index contributed by atoms with van der Waals surface area (Å²) in [5, 5.41) is 15.2. The maximum absolute atomic E-state index is 12.3. The summed E-state index contributed by atoms with van der Waals surface area (Å²) in [6.07, 6.45) is 0.0405. The Hall–Kier alpha value is -2.55. The van der Waals surface area contributed by atoms with Gasteiger partial charge in [0.25, 0.3) is 0 Å². The molecule has 0 aliphatic rings. The molecule has 25 heavy (non-hydrogen) atoms. The molecule has 2 amide bonds. The van der Waals surface area contributed by atoms with Gasteiger partial charge >= 0.3 is 0 Å². The third-order valence-electron chi connectivity index (χ3n) is 3.41. The molecule has 2 aromatic carbocycles. The Bertz CT molecular complexity index is 829. The maximum Gasteiger partial charge on any atom is 0.226 e. The number of halogens is 2. The highest BCUT2D eigenvalue weighted by molar-refractivity contribution is 6.32. The van der Waals surface area contributed by atoms with Crippen LogP contribution in [0.3, 0.4) is 0 Å². The zero-order valence-corrected chi connectivity index (χ0v) is 14.9. The Kier molecular flexibility index (Phi) is 6.40. The lowest BCUT2D eigenvalue weighted by Gasteiger charge is -2.18. The average molecular weight is 376 g/mol. The average Bonchev–Trinajstić information content (AvgIpc) is 2.54. The molecular weight excluding hydrogens is 361 g/mol. The van der Waals surface area contributed by atoms with Gasteiger partial charge in [0.05, 0.1) is 23.0 Å². The van der Waals surface area contributed by atoms with Gasteiger partial charge in [-0.1, -0.05) is 35.3 Å². The molecule has 0 spiro atoms. The number of benzene rings is 2. The van der Waals surface area contributed by atoms with Gasteiger partial charge in [0, 0.05) is 17.6 Å². The number of rotatable bonds is 5. The summed E-state index contributed by atoms with van der Waals surface area (Å²) in [6.45, 7) is 1.39. The van der Waals surface area contributed by atoms with Crippen molar-refractivity contribution in [1.82, 2.24) is 5.32 Å². The number of amides is 2. The second-order valence-electron chi connectivity index (χ2n) is 5.36. The molecule has 2 N–H and O–H groups in total. The van der Waals surface area contributed by atoms with E-state index in [1.54, 1.807) is 30.3 Å². The molecule has 0 aromatic heterocycles. The molecule has 0 saturated carbocycles. The lowest BCUT2D eigenvalue weighted by molar-refractivity contribution is -0.120. The number of carbonyl (C=O) groups is 2. The van der Waals surface area contributed by atoms with Crippen LogP contribution in [0.1, 0.15) is 30.5 Å². The van der Waals surface area contributed by atoms with Crippen LogP contribution in [-0.4, -0.2) is 11.8 Å². The van der Waals surface area contributed by atoms with Gasteiger partial charge in [-0.05, 0) is 35.9 Å². The molecule has 0 aliphatic carbocycles. The number of anilines is 1. The van der Waals surface area contributed by atoms with Crippen LogP contribution in [-0.2, 0) is 9.59 Å². The molecule has 0 bridgehead atoms. The lowest BCUT2D eigenvalue weighted by atomic mass is 10.0. The highest BCUT2D eigenvalue weighted by Crippen LogP contribution is 2.23. The SMILES string of the molecule is CC(=O)NC(CC(=O)Nc1ccc(C#N)c(Cl)c1)c1ccc(Cl)cc1. The number of nitrogens with zero attached hydrogens (tertiary/aromatic N) is 1. The zero-order chi connectivity index (χ0) is 18.4. The number of hydrogen-bond donors (Lipinski definition) is 2. The topological polar surface area (TPSA) is 82.0 Å². The summed E-state index contributed by atoms with van der Waals surface area (Å²) in [4.78, 5) is 23.7. The van der Waals surface area contributed by atoms with Gasteiger partial charge in [-0.15, -0.1) is 0 Å². The molecule has 2 aromatic rings. The minimum absolute atomic E-state index is 0.0405. The second kappa shape index (κ2) is 8.52. The zero-order valence-electron chi connectivity index (χ0n) is 13.3. The molecule has 0 saturated heterocycles. The van der Waals surface area contributed by atoms with Gasteiger partial charge in [0.2, 0.25) is 11.8 Å². The van der Waals surface area contributed by atoms with Gasteiger partial charge < -0.3 is 10.6 Å². The molecule has 1 unspecified atom stereocenters. The summed E-state index contributed by atoms with van der Waals surface area (Å²) >= 11 is 11.8. The number of nitriles is 1. The van der Waals surface area contributed by atoms with E-state index in [1.165, 1.54) is 19.1 Å². The fourth-order valence-corrected chi connectivity index (χ4v) is 2.62. The van der Waals surface area contributed by atoms with Crippen molar-refractivity contribution < 1.29 is 9.59 Å². The minimum atomic E-state index is -0.483. The monoisotopic (exact) mass is 375 g/mol. The highest BCUT2D eigenvalue weighted by atomic mass is 35.5. The Labute approximate surface area is 155 Å². The quantitative estimate of drug-likeness (QED) is 0.825. The first-order chi connectivity index (χ1) is 11.9. The number of carbonyl (C=O) groups excluding carboxylic acids is 2. The van der Waals surface area contributed by atoms with Gasteiger partial charge in [0.1, 0.15) is 6.07 Å². The molecule has 7 heteroatoms. The second-order valence-corrected chi connectivity index (χ2v) is 6.21. The molecule has 0 heterocycles. The van der Waals surface area contributed by atoms with Crippen molar-refractivity contribution in [3.8, 4) is 6.07 Å². The van der Waals surface area contributed by atoms with Crippen molar-refractivity contribution >= 4 is 40.7 Å². The minimum Gasteiger partial charge on any atom is -0.349 e. The molecule has 5 nitrogen and oxygen atoms in total. The van der Waals surface area contributed by atoms with Crippen molar-refractivity contribution in [2.24, 2.45) is 0 Å². The van der Waals surface area contributed by atoms with Crippen LogP contribution in [0.25, 0.3) is 0 Å². The summed E-state index contributed by atoms with van der Waals surface area (Å²) in [5.41, 5.74) is 1.58. The van der Waals surface area contributed by atoms with E-state index in [-0.39, 0.29) is 23.3 Å². The first-order valence-electron chi connectivity index (χ1n) is 7.41. The van der Waals surface area contributed by atoms with Crippen molar-refractivity contribution in [3.05, 3.63) is 63.6 Å². The van der Waals surface area contributed by atoms with E-state index in [1.807, 2.05) is 6.07 Å². The Balaban J connectivity index is 2.11. The van der Waals surface area contributed by atoms with Crippen LogP contribution < -0.4 is 10.6 Å². The summed E-state index contributed by atoms with van der Waals surface area (Å²) in [7, 11) is 0. The van der Waals surface area contributed by atoms with Gasteiger partial charge in [-0.2, -0.15) is 5.26 Å². The molecular formula is C18H15Cl2N3O2. The first-order valence-corrected chi connectivity index (χ1v) is 8.16. The highest BCUT2D eigenvalue weighted by Gasteiger charge is 2.17. The molecule has 0 aliphatic heterocycles. The molecule has 0 fully saturated rings. The van der Waals surface area contributed by atoms with Crippen LogP contribution in [0.15, 0.2) is 42.5 Å². The van der Waals surface area contributed by atoms with Crippen LogP contribution in [0.4, 0.5) is 5.69 Å². The van der Waals surface area contributed by atoms with E-state index in [4.69, 9.17) is 28.5 Å². The Morgan fingerprint density at radius 3 is 2.40 bits per heavy atom. The molecule has 0 radical (unpaired) electrons. The Morgan fingerprint density at radius 1 is 1.16 bits per heavy atom. The molecule has 2 rings (SSSR count). The predicted octanol–water partition coefficient (Wildman–Crippen LogP) is 4.07. The maximum atomic E-state index is 12.3. The van der Waals surface area contributed by atoms with Crippen LogP contribution in [0, 0.1) is 11.3 Å². The number of nitrogens with one attached hydrogen (secondary N) is 2. The van der Waals surface area contributed by atoms with E-state index in [0.717, 1.165) is 5.56 Å². The summed E-state index contributed by atoms with van der Waals surface area (Å²) in [5.74, 6) is -0.538. The smallest absolute Gasteiger partial charge is 0.226 e. The third kappa shape index (κ3) is 5.49. The van der Waals surface area contributed by atoms with Crippen LogP contribution in [0.5, 0.6) is 0 Å². The van der Waals surface area contributed by atoms with E-state index in [9.17, 15) is 9.59 Å². The van der Waals surface area contributed by atoms with Crippen molar-refractivity contribution in [2.45, 2.75) is 19.4 Å². The molecule has 1 atom stereocenters. The lowest BCUT2D eigenvalue weighted by Crippen LogP contribution is -2.29. The first kappa shape index (κ1) is 18.8. The fraction of sp³-hybridized carbons (Fsp3) is 0.167. The third-order valence-corrected chi connectivity index (χ3v) is 3.98. The predicted molar refractivity (Wildman–Crippen MR) is 97.4 cm³/mol. The van der Waals surface area contributed by atoms with Crippen LogP contribution >= 0.6 is 23.2 Å². The summed E-state index contributed by atoms with van der Waals surface area (Å²) in [6, 6.07) is 13.0. The Morgan fingerprint density at radius 2 is 1.84 bits per heavy atom. The van der Waals surface area contributed by atoms with E-state index in [2.05, 4.69) is 10.6 Å². The number of hydrogen-bond acceptors (Lipinski definition) is 3. The van der Waals surface area contributed by atoms with Crippen molar-refractivity contribution in [1.29, 1.82) is 5.26 Å². The molecule has 128 valence electrons. The van der Waals surface area contributed by atoms with Crippen molar-refractivity contribution in [2.75, 3.05) is 5.32 Å². The normalized spacial score (nSPS) is 11.3. The van der Waals surface area contributed by atoms with Gasteiger partial charge in [0.15, 0.2) is 0 Å².